The summed E-state index contributed by atoms with van der Waals surface area (Å²) in [4.78, 5) is 16.1. The number of imidazole rings is 1. The van der Waals surface area contributed by atoms with Crippen molar-refractivity contribution in [1.82, 2.24) is 9.55 Å². The number of esters is 1. The molecule has 21 heavy (non-hydrogen) atoms. The number of rotatable bonds is 7. The first-order valence-corrected chi connectivity index (χ1v) is 7.01. The first kappa shape index (κ1) is 15.5. The number of hydrogen-bond donors (Lipinski definition) is 2. The van der Waals surface area contributed by atoms with Gasteiger partial charge in [-0.05, 0) is 24.9 Å². The zero-order chi connectivity index (χ0) is 15.2. The number of ether oxygens (including phenoxy) is 1. The Morgan fingerprint density at radius 1 is 1.33 bits per heavy atom. The van der Waals surface area contributed by atoms with Crippen LogP contribution >= 0.6 is 0 Å². The lowest BCUT2D eigenvalue weighted by Gasteiger charge is -2.07. The molecule has 7 heteroatoms. The smallest absolute Gasteiger partial charge is 0.451 e. The maximum absolute atomic E-state index is 11.8. The van der Waals surface area contributed by atoms with Crippen LogP contribution in [-0.2, 0) is 11.3 Å². The van der Waals surface area contributed by atoms with Crippen LogP contribution in [0, 0.1) is 0 Å². The molecular formula is C14H19BN2O4. The van der Waals surface area contributed by atoms with Crippen molar-refractivity contribution < 1.29 is 19.6 Å². The van der Waals surface area contributed by atoms with E-state index < -0.39 is 7.12 Å². The van der Waals surface area contributed by atoms with Crippen LogP contribution in [0.2, 0.25) is 6.32 Å². The third-order valence-electron chi connectivity index (χ3n) is 3.40. The van der Waals surface area contributed by atoms with E-state index in [1.54, 1.807) is 18.5 Å². The summed E-state index contributed by atoms with van der Waals surface area (Å²) in [7, 11) is 0.132. The number of aryl methyl sites for hydroxylation is 1. The second kappa shape index (κ2) is 7.24. The lowest BCUT2D eigenvalue weighted by atomic mass is 9.83. The van der Waals surface area contributed by atoms with Crippen LogP contribution in [0.4, 0.5) is 0 Å². The standard InChI is InChI=1S/C14H19BN2O4/c1-21-14(18)11-6-5-7-12-13(11)17(10-16-12)9-4-2-3-8-15(19)20/h5-7,10,19-20H,2-4,8-9H2,1H3. The van der Waals surface area contributed by atoms with E-state index in [9.17, 15) is 4.79 Å². The number of unbranched alkanes of at least 4 members (excludes halogenated alkanes) is 2. The van der Waals surface area contributed by atoms with Gasteiger partial charge in [0.25, 0.3) is 0 Å². The Labute approximate surface area is 123 Å². The number of benzene rings is 1. The molecule has 1 aromatic heterocycles. The van der Waals surface area contributed by atoms with Crippen LogP contribution < -0.4 is 0 Å². The number of hydrogen-bond acceptors (Lipinski definition) is 5. The maximum atomic E-state index is 11.8. The molecule has 1 aromatic carbocycles. The molecule has 0 aliphatic rings. The van der Waals surface area contributed by atoms with E-state index in [1.165, 1.54) is 7.11 Å². The van der Waals surface area contributed by atoms with E-state index in [2.05, 4.69) is 4.98 Å². The summed E-state index contributed by atoms with van der Waals surface area (Å²) in [6.07, 6.45) is 4.63. The largest absolute Gasteiger partial charge is 0.465 e. The van der Waals surface area contributed by atoms with Gasteiger partial charge >= 0.3 is 13.1 Å². The molecule has 1 heterocycles. The Balaban J connectivity index is 2.08. The van der Waals surface area contributed by atoms with Gasteiger partial charge in [-0.1, -0.05) is 18.9 Å². The minimum absolute atomic E-state index is 0.370. The summed E-state index contributed by atoms with van der Waals surface area (Å²) >= 11 is 0. The van der Waals surface area contributed by atoms with Crippen molar-refractivity contribution in [1.29, 1.82) is 0 Å². The van der Waals surface area contributed by atoms with E-state index in [0.29, 0.717) is 11.9 Å². The van der Waals surface area contributed by atoms with Crippen molar-refractivity contribution in [2.45, 2.75) is 32.1 Å². The van der Waals surface area contributed by atoms with Crippen LogP contribution in [0.25, 0.3) is 11.0 Å². The van der Waals surface area contributed by atoms with Gasteiger partial charge in [0.2, 0.25) is 0 Å². The molecule has 0 atom stereocenters. The van der Waals surface area contributed by atoms with Crippen molar-refractivity contribution in [3.8, 4) is 0 Å². The van der Waals surface area contributed by atoms with E-state index >= 15 is 0 Å². The second-order valence-electron chi connectivity index (χ2n) is 4.93. The summed E-state index contributed by atoms with van der Waals surface area (Å²) in [5.74, 6) is -0.370. The Hall–Kier alpha value is -1.86. The third-order valence-corrected chi connectivity index (χ3v) is 3.40. The Bertz CT molecular complexity index is 612. The monoisotopic (exact) mass is 290 g/mol. The molecule has 0 amide bonds. The van der Waals surface area contributed by atoms with Crippen LogP contribution in [-0.4, -0.2) is 39.8 Å². The number of carbonyl (C=O) groups excluding carboxylic acids is 1. The van der Waals surface area contributed by atoms with Gasteiger partial charge in [-0.25, -0.2) is 9.78 Å². The van der Waals surface area contributed by atoms with Gasteiger partial charge in [0.05, 0.1) is 30.0 Å². The van der Waals surface area contributed by atoms with E-state index in [0.717, 1.165) is 36.8 Å². The molecule has 0 unspecified atom stereocenters. The van der Waals surface area contributed by atoms with Crippen molar-refractivity contribution in [3.05, 3.63) is 30.1 Å². The summed E-state index contributed by atoms with van der Waals surface area (Å²) in [5, 5.41) is 17.6. The average molecular weight is 290 g/mol. The van der Waals surface area contributed by atoms with Crippen molar-refractivity contribution in [3.63, 3.8) is 0 Å². The second-order valence-corrected chi connectivity index (χ2v) is 4.93. The highest BCUT2D eigenvalue weighted by molar-refractivity contribution is 6.40. The van der Waals surface area contributed by atoms with Gasteiger partial charge in [-0.2, -0.15) is 0 Å². The highest BCUT2D eigenvalue weighted by atomic mass is 16.5. The molecule has 2 rings (SSSR count). The first-order valence-electron chi connectivity index (χ1n) is 7.01. The van der Waals surface area contributed by atoms with Crippen LogP contribution in [0.3, 0.4) is 0 Å². The Morgan fingerprint density at radius 3 is 2.86 bits per heavy atom. The fourth-order valence-electron chi connectivity index (χ4n) is 2.36. The van der Waals surface area contributed by atoms with Crippen molar-refractivity contribution >= 4 is 24.1 Å². The van der Waals surface area contributed by atoms with E-state index in [1.807, 2.05) is 10.6 Å². The van der Waals surface area contributed by atoms with Gasteiger partial charge in [0, 0.05) is 6.54 Å². The van der Waals surface area contributed by atoms with Gasteiger partial charge in [-0.3, -0.25) is 0 Å². The Kier molecular flexibility index (Phi) is 5.35. The SMILES string of the molecule is COC(=O)c1cccc2ncn(CCCCCB(O)O)c12. The fraction of sp³-hybridized carbons (Fsp3) is 0.429. The van der Waals surface area contributed by atoms with Gasteiger partial charge in [0.15, 0.2) is 0 Å². The van der Waals surface area contributed by atoms with Crippen molar-refractivity contribution in [2.75, 3.05) is 7.11 Å². The van der Waals surface area contributed by atoms with Crippen LogP contribution in [0.5, 0.6) is 0 Å². The first-order chi connectivity index (χ1) is 10.1. The van der Waals surface area contributed by atoms with Crippen molar-refractivity contribution in [2.24, 2.45) is 0 Å². The number of para-hydroxylation sites is 1. The number of methoxy groups -OCH3 is 1. The fourth-order valence-corrected chi connectivity index (χ4v) is 2.36. The molecule has 0 saturated carbocycles. The molecule has 0 aliphatic carbocycles. The van der Waals surface area contributed by atoms with E-state index in [4.69, 9.17) is 14.8 Å². The van der Waals surface area contributed by atoms with Crippen LogP contribution in [0.1, 0.15) is 29.6 Å². The zero-order valence-electron chi connectivity index (χ0n) is 12.0. The predicted molar refractivity (Wildman–Crippen MR) is 79.9 cm³/mol. The molecule has 0 fully saturated rings. The molecule has 0 radical (unpaired) electrons. The van der Waals surface area contributed by atoms with Crippen LogP contribution in [0.15, 0.2) is 24.5 Å². The van der Waals surface area contributed by atoms with Gasteiger partial charge in [-0.15, -0.1) is 0 Å². The Morgan fingerprint density at radius 2 is 2.14 bits per heavy atom. The van der Waals surface area contributed by atoms with Gasteiger partial charge in [0.1, 0.15) is 0 Å². The molecule has 0 aliphatic heterocycles. The number of carbonyl (C=O) groups is 1. The van der Waals surface area contributed by atoms with E-state index in [-0.39, 0.29) is 5.97 Å². The molecular weight excluding hydrogens is 271 g/mol. The molecule has 0 saturated heterocycles. The minimum Gasteiger partial charge on any atom is -0.465 e. The number of fused-ring (bicyclic) bond motifs is 1. The molecule has 0 bridgehead atoms. The minimum atomic E-state index is -1.23. The molecule has 0 spiro atoms. The maximum Gasteiger partial charge on any atom is 0.451 e. The highest BCUT2D eigenvalue weighted by Crippen LogP contribution is 2.19. The summed E-state index contributed by atoms with van der Waals surface area (Å²) < 4.78 is 6.74. The lowest BCUT2D eigenvalue weighted by molar-refractivity contribution is 0.0602. The molecule has 112 valence electrons. The predicted octanol–water partition coefficient (Wildman–Crippen LogP) is 1.47. The topological polar surface area (TPSA) is 84.6 Å². The molecule has 2 aromatic rings. The lowest BCUT2D eigenvalue weighted by Crippen LogP contribution is -2.09. The summed E-state index contributed by atoms with van der Waals surface area (Å²) in [6.45, 7) is 0.728. The van der Waals surface area contributed by atoms with Gasteiger partial charge < -0.3 is 19.4 Å². The quantitative estimate of drug-likeness (QED) is 0.458. The number of nitrogens with zero attached hydrogens (tertiary/aromatic N) is 2. The average Bonchev–Trinajstić information content (AvgIpc) is 2.89. The number of aromatic nitrogens is 2. The normalized spacial score (nSPS) is 10.8. The summed E-state index contributed by atoms with van der Waals surface area (Å²) in [5.41, 5.74) is 2.06. The zero-order valence-corrected chi connectivity index (χ0v) is 12.0. The molecule has 2 N–H and O–H groups in total. The highest BCUT2D eigenvalue weighted by Gasteiger charge is 2.14. The molecule has 6 nitrogen and oxygen atoms in total. The summed E-state index contributed by atoms with van der Waals surface area (Å²) in [6, 6.07) is 5.38. The third kappa shape index (κ3) is 3.83.